The van der Waals surface area contributed by atoms with Crippen molar-refractivity contribution in [2.45, 2.75) is 25.9 Å². The van der Waals surface area contributed by atoms with Gasteiger partial charge in [0.15, 0.2) is 0 Å². The summed E-state index contributed by atoms with van der Waals surface area (Å²) >= 11 is 0. The van der Waals surface area contributed by atoms with Crippen molar-refractivity contribution in [3.63, 3.8) is 0 Å². The molecule has 164 valence electrons. The van der Waals surface area contributed by atoms with Gasteiger partial charge in [0.05, 0.1) is 24.5 Å². The lowest BCUT2D eigenvalue weighted by Gasteiger charge is -2.25. The topological polar surface area (TPSA) is 84.7 Å². The van der Waals surface area contributed by atoms with Crippen LogP contribution in [0.25, 0.3) is 5.76 Å². The summed E-state index contributed by atoms with van der Waals surface area (Å²) in [5, 5.41) is 11.0. The van der Waals surface area contributed by atoms with Crippen LogP contribution in [0.3, 0.4) is 0 Å². The van der Waals surface area contributed by atoms with Crippen molar-refractivity contribution in [3.8, 4) is 5.75 Å². The third-order valence-electron chi connectivity index (χ3n) is 5.47. The highest BCUT2D eigenvalue weighted by Crippen LogP contribution is 2.39. The Labute approximate surface area is 186 Å². The highest BCUT2D eigenvalue weighted by atomic mass is 16.5. The molecule has 0 aliphatic carbocycles. The van der Waals surface area contributed by atoms with Crippen LogP contribution in [0, 0.1) is 0 Å². The lowest BCUT2D eigenvalue weighted by Crippen LogP contribution is -2.31. The highest BCUT2D eigenvalue weighted by molar-refractivity contribution is 6.46. The number of aromatic nitrogens is 2. The molecule has 1 atom stereocenters. The van der Waals surface area contributed by atoms with Crippen molar-refractivity contribution in [1.29, 1.82) is 0 Å². The Morgan fingerprint density at radius 1 is 1.06 bits per heavy atom. The van der Waals surface area contributed by atoms with Crippen molar-refractivity contribution in [2.75, 3.05) is 13.2 Å². The molecule has 1 N–H and O–H groups in total. The normalized spacial score (nSPS) is 17.7. The summed E-state index contributed by atoms with van der Waals surface area (Å²) in [6.45, 7) is 3.48. The standard InChI is InChI=1S/C25H25N3O4/c1-2-32-20-11-9-18(10-12-20)22-21(23(29)19-7-4-3-5-8-19)24(30)25(31)28(22)15-6-14-27-16-13-26-17-27/h3-5,7-13,16-17,22,29H,2,6,14-15H2,1H3. The van der Waals surface area contributed by atoms with Crippen LogP contribution in [0.15, 0.2) is 78.9 Å². The number of Topliss-reactive ketones (excluding diaryl/α,β-unsaturated/α-hetero) is 1. The summed E-state index contributed by atoms with van der Waals surface area (Å²) in [5.41, 5.74) is 1.35. The maximum atomic E-state index is 13.0. The maximum Gasteiger partial charge on any atom is 0.295 e. The van der Waals surface area contributed by atoms with Crippen LogP contribution in [-0.2, 0) is 16.1 Å². The number of ketones is 1. The first-order valence-electron chi connectivity index (χ1n) is 10.6. The van der Waals surface area contributed by atoms with Gasteiger partial charge in [0.25, 0.3) is 11.7 Å². The smallest absolute Gasteiger partial charge is 0.295 e. The lowest BCUT2D eigenvalue weighted by atomic mass is 9.95. The summed E-state index contributed by atoms with van der Waals surface area (Å²) in [7, 11) is 0. The van der Waals surface area contributed by atoms with Gasteiger partial charge in [-0.15, -0.1) is 0 Å². The number of carbonyl (C=O) groups is 2. The molecule has 2 heterocycles. The van der Waals surface area contributed by atoms with Gasteiger partial charge in [-0.2, -0.15) is 0 Å². The number of amides is 1. The molecule has 0 bridgehead atoms. The maximum absolute atomic E-state index is 13.0. The van der Waals surface area contributed by atoms with E-state index in [2.05, 4.69) is 4.98 Å². The first kappa shape index (κ1) is 21.4. The summed E-state index contributed by atoms with van der Waals surface area (Å²) in [6.07, 6.45) is 5.91. The van der Waals surface area contributed by atoms with E-state index in [9.17, 15) is 14.7 Å². The number of hydrogen-bond donors (Lipinski definition) is 1. The molecule has 32 heavy (non-hydrogen) atoms. The first-order chi connectivity index (χ1) is 15.6. The number of hydrogen-bond acceptors (Lipinski definition) is 5. The fourth-order valence-electron chi connectivity index (χ4n) is 3.96. The molecule has 1 saturated heterocycles. The second-order valence-corrected chi connectivity index (χ2v) is 7.51. The van der Waals surface area contributed by atoms with E-state index < -0.39 is 17.7 Å². The Bertz CT molecular complexity index is 1110. The van der Waals surface area contributed by atoms with Crippen molar-refractivity contribution in [1.82, 2.24) is 14.5 Å². The summed E-state index contributed by atoms with van der Waals surface area (Å²) in [6, 6.07) is 15.5. The number of aliphatic hydroxyl groups excluding tert-OH is 1. The quantitative estimate of drug-likeness (QED) is 0.333. The molecular formula is C25H25N3O4. The zero-order valence-corrected chi connectivity index (χ0v) is 17.8. The van der Waals surface area contributed by atoms with Gasteiger partial charge in [-0.05, 0) is 31.0 Å². The highest BCUT2D eigenvalue weighted by Gasteiger charge is 2.45. The van der Waals surface area contributed by atoms with E-state index in [0.29, 0.717) is 37.4 Å². The molecular weight excluding hydrogens is 406 g/mol. The number of rotatable bonds is 8. The third kappa shape index (κ3) is 4.27. The van der Waals surface area contributed by atoms with Crippen LogP contribution < -0.4 is 4.74 Å². The van der Waals surface area contributed by atoms with E-state index in [1.165, 1.54) is 0 Å². The number of aryl methyl sites for hydroxylation is 1. The summed E-state index contributed by atoms with van der Waals surface area (Å²) in [5.74, 6) is -0.740. The Morgan fingerprint density at radius 2 is 1.81 bits per heavy atom. The second-order valence-electron chi connectivity index (χ2n) is 7.51. The van der Waals surface area contributed by atoms with Gasteiger partial charge >= 0.3 is 0 Å². The minimum absolute atomic E-state index is 0.105. The van der Waals surface area contributed by atoms with Gasteiger partial charge in [-0.1, -0.05) is 42.5 Å². The molecule has 1 aromatic heterocycles. The number of carbonyl (C=O) groups excluding carboxylic acids is 2. The number of benzene rings is 2. The van der Waals surface area contributed by atoms with Crippen LogP contribution in [-0.4, -0.2) is 44.4 Å². The molecule has 1 amide bonds. The van der Waals surface area contributed by atoms with Crippen molar-refractivity contribution >= 4 is 17.4 Å². The van der Waals surface area contributed by atoms with Crippen molar-refractivity contribution in [3.05, 3.63) is 90.0 Å². The summed E-state index contributed by atoms with van der Waals surface area (Å²) in [4.78, 5) is 31.6. The second kappa shape index (κ2) is 9.51. The number of aliphatic hydroxyl groups is 1. The van der Waals surface area contributed by atoms with Gasteiger partial charge in [0, 0.05) is 31.0 Å². The number of likely N-dealkylation sites (tertiary alicyclic amines) is 1. The molecule has 7 heteroatoms. The summed E-state index contributed by atoms with van der Waals surface area (Å²) < 4.78 is 7.45. The molecule has 0 spiro atoms. The van der Waals surface area contributed by atoms with E-state index in [1.54, 1.807) is 41.7 Å². The fourth-order valence-corrected chi connectivity index (χ4v) is 3.96. The molecule has 1 aliphatic heterocycles. The van der Waals surface area contributed by atoms with E-state index in [0.717, 1.165) is 5.56 Å². The average molecular weight is 431 g/mol. The van der Waals surface area contributed by atoms with Gasteiger partial charge < -0.3 is 19.3 Å². The number of nitrogens with zero attached hydrogens (tertiary/aromatic N) is 3. The molecule has 1 unspecified atom stereocenters. The Kier molecular flexibility index (Phi) is 6.35. The van der Waals surface area contributed by atoms with Crippen LogP contribution in [0.4, 0.5) is 0 Å². The van der Waals surface area contributed by atoms with Crippen molar-refractivity contribution < 1.29 is 19.4 Å². The molecule has 4 rings (SSSR count). The molecule has 7 nitrogen and oxygen atoms in total. The Hall–Kier alpha value is -3.87. The lowest BCUT2D eigenvalue weighted by molar-refractivity contribution is -0.139. The van der Waals surface area contributed by atoms with Crippen LogP contribution >= 0.6 is 0 Å². The van der Waals surface area contributed by atoms with E-state index in [-0.39, 0.29) is 11.3 Å². The van der Waals surface area contributed by atoms with Gasteiger partial charge in [0.2, 0.25) is 0 Å². The average Bonchev–Trinajstić information content (AvgIpc) is 3.42. The zero-order chi connectivity index (χ0) is 22.5. The van der Waals surface area contributed by atoms with Crippen LogP contribution in [0.5, 0.6) is 5.75 Å². The first-order valence-corrected chi connectivity index (χ1v) is 10.6. The van der Waals surface area contributed by atoms with Crippen LogP contribution in [0.1, 0.15) is 30.5 Å². The van der Waals surface area contributed by atoms with Crippen LogP contribution in [0.2, 0.25) is 0 Å². The largest absolute Gasteiger partial charge is 0.507 e. The van der Waals surface area contributed by atoms with E-state index in [4.69, 9.17) is 4.74 Å². The number of ether oxygens (including phenoxy) is 1. The Morgan fingerprint density at radius 3 is 2.47 bits per heavy atom. The van der Waals surface area contributed by atoms with Gasteiger partial charge in [-0.25, -0.2) is 4.98 Å². The Balaban J connectivity index is 1.70. The molecule has 3 aromatic rings. The predicted molar refractivity (Wildman–Crippen MR) is 120 cm³/mol. The predicted octanol–water partition coefficient (Wildman–Crippen LogP) is 3.79. The van der Waals surface area contributed by atoms with E-state index >= 15 is 0 Å². The molecule has 1 aliphatic rings. The van der Waals surface area contributed by atoms with E-state index in [1.807, 2.05) is 48.0 Å². The third-order valence-corrected chi connectivity index (χ3v) is 5.47. The van der Waals surface area contributed by atoms with Gasteiger partial charge in [0.1, 0.15) is 11.5 Å². The number of imidazole rings is 1. The zero-order valence-electron chi connectivity index (χ0n) is 17.8. The fraction of sp³-hybridized carbons (Fsp3) is 0.240. The minimum atomic E-state index is -0.673. The van der Waals surface area contributed by atoms with Gasteiger partial charge in [-0.3, -0.25) is 9.59 Å². The molecule has 1 fully saturated rings. The molecule has 2 aromatic carbocycles. The minimum Gasteiger partial charge on any atom is -0.507 e. The molecule has 0 saturated carbocycles. The molecule has 0 radical (unpaired) electrons. The SMILES string of the molecule is CCOc1ccc(C2C(=C(O)c3ccccc3)C(=O)C(=O)N2CCCn2ccnc2)cc1. The monoisotopic (exact) mass is 431 g/mol. The van der Waals surface area contributed by atoms with Crippen molar-refractivity contribution in [2.24, 2.45) is 0 Å².